The molecule has 1 atom stereocenters. The highest BCUT2D eigenvalue weighted by Crippen LogP contribution is 2.38. The van der Waals surface area contributed by atoms with Crippen LogP contribution >= 0.6 is 11.8 Å². The molecule has 1 aliphatic heterocycles. The maximum atomic E-state index is 13.1. The fraction of sp³-hybridized carbons (Fsp3) is 0.429. The quantitative estimate of drug-likeness (QED) is 0.605. The van der Waals surface area contributed by atoms with Gasteiger partial charge in [0.25, 0.3) is 11.1 Å². The van der Waals surface area contributed by atoms with Crippen molar-refractivity contribution in [3.05, 3.63) is 30.3 Å². The fourth-order valence-electron chi connectivity index (χ4n) is 2.06. The van der Waals surface area contributed by atoms with E-state index in [4.69, 9.17) is 4.74 Å². The topological polar surface area (TPSA) is 45.1 Å². The van der Waals surface area contributed by atoms with Crippen LogP contribution in [0.3, 0.4) is 0 Å². The predicted octanol–water partition coefficient (Wildman–Crippen LogP) is 3.54. The molecule has 0 aromatic heterocycles. The van der Waals surface area contributed by atoms with Crippen LogP contribution in [0.2, 0.25) is 0 Å². The van der Waals surface area contributed by atoms with Crippen molar-refractivity contribution in [1.29, 1.82) is 0 Å². The van der Waals surface area contributed by atoms with Crippen LogP contribution in [0.5, 0.6) is 0 Å². The third-order valence-corrected chi connectivity index (χ3v) is 4.07. The zero-order valence-electron chi connectivity index (χ0n) is 12.8. The molecule has 1 aliphatic rings. The molecule has 0 fully saturated rings. The molecule has 24 heavy (non-hydrogen) atoms. The molecule has 1 amide bonds. The number of rotatable bonds is 4. The van der Waals surface area contributed by atoms with Gasteiger partial charge in [-0.3, -0.25) is 4.79 Å². The van der Waals surface area contributed by atoms with E-state index >= 15 is 0 Å². The van der Waals surface area contributed by atoms with Gasteiger partial charge in [-0.25, -0.2) is 0 Å². The number of hydrazone groups is 1. The summed E-state index contributed by atoms with van der Waals surface area (Å²) in [5.41, 5.74) is 0.627. The van der Waals surface area contributed by atoms with Gasteiger partial charge in [0.1, 0.15) is 0 Å². The van der Waals surface area contributed by atoms with Gasteiger partial charge in [0.15, 0.2) is 6.61 Å². The van der Waals surface area contributed by atoms with Gasteiger partial charge < -0.3 is 9.64 Å². The minimum Gasteiger partial charge on any atom is -0.462 e. The largest absolute Gasteiger partial charge is 0.462 e. The lowest BCUT2D eigenvalue weighted by Gasteiger charge is -2.26. The maximum Gasteiger partial charge on any atom is 0.423 e. The standard InChI is InChI=1S/C14H15F4N3O2S/c1-9(2)20(10-6-4-3-5-7-10)11(22)8-23-13-19-21(18)12(24-13)14(15,16)17/h3-7,9,12H,8H2,1-2H3. The Morgan fingerprint density at radius 3 is 2.50 bits per heavy atom. The molecule has 10 heteroatoms. The predicted molar refractivity (Wildman–Crippen MR) is 82.8 cm³/mol. The van der Waals surface area contributed by atoms with E-state index < -0.39 is 34.5 Å². The number of ether oxygens (including phenoxy) is 1. The summed E-state index contributed by atoms with van der Waals surface area (Å²) in [6, 6.07) is 8.56. The molecule has 0 saturated heterocycles. The molecular formula is C14H15F4N3O2S. The highest BCUT2D eigenvalue weighted by Gasteiger charge is 2.50. The zero-order valence-corrected chi connectivity index (χ0v) is 13.6. The molecule has 2 rings (SSSR count). The van der Waals surface area contributed by atoms with Crippen LogP contribution in [-0.2, 0) is 9.53 Å². The molecule has 0 aliphatic carbocycles. The molecule has 1 heterocycles. The van der Waals surface area contributed by atoms with Gasteiger partial charge in [-0.1, -0.05) is 22.7 Å². The summed E-state index contributed by atoms with van der Waals surface area (Å²) in [5, 5.41) is -0.699. The van der Waals surface area contributed by atoms with E-state index in [1.54, 1.807) is 44.2 Å². The summed E-state index contributed by atoms with van der Waals surface area (Å²) in [5.74, 6) is -0.472. The molecule has 0 spiro atoms. The summed E-state index contributed by atoms with van der Waals surface area (Å²) in [7, 11) is 0. The minimum absolute atomic E-state index is 0.0666. The third kappa shape index (κ3) is 4.31. The number of thioether (sulfide) groups is 1. The molecule has 1 unspecified atom stereocenters. The highest BCUT2D eigenvalue weighted by atomic mass is 32.2. The Kier molecular flexibility index (Phi) is 5.58. The SMILES string of the molecule is CC(C)N(C(=O)COC1=NN(F)C(C(F)(F)F)S1)c1ccccc1. The summed E-state index contributed by atoms with van der Waals surface area (Å²) in [4.78, 5) is 13.7. The lowest BCUT2D eigenvalue weighted by molar-refractivity contribution is -0.188. The monoisotopic (exact) mass is 365 g/mol. The van der Waals surface area contributed by atoms with Gasteiger partial charge in [0.05, 0.1) is 0 Å². The number of benzene rings is 1. The molecule has 1 aromatic carbocycles. The second kappa shape index (κ2) is 7.29. The average molecular weight is 365 g/mol. The number of halogens is 4. The average Bonchev–Trinajstić information content (AvgIpc) is 2.87. The first-order valence-electron chi connectivity index (χ1n) is 6.97. The molecule has 132 valence electrons. The Bertz CT molecular complexity index is 610. The first-order chi connectivity index (χ1) is 11.2. The highest BCUT2D eigenvalue weighted by molar-refractivity contribution is 8.14. The van der Waals surface area contributed by atoms with E-state index in [0.717, 1.165) is 0 Å². The van der Waals surface area contributed by atoms with Crippen LogP contribution in [0, 0.1) is 0 Å². The van der Waals surface area contributed by atoms with Crippen LogP contribution in [0.25, 0.3) is 0 Å². The van der Waals surface area contributed by atoms with E-state index in [1.165, 1.54) is 4.90 Å². The van der Waals surface area contributed by atoms with Crippen molar-refractivity contribution in [2.24, 2.45) is 5.10 Å². The second-order valence-corrected chi connectivity index (χ2v) is 6.18. The third-order valence-electron chi connectivity index (χ3n) is 3.00. The Hall–Kier alpha value is -1.97. The summed E-state index contributed by atoms with van der Waals surface area (Å²) in [6.07, 6.45) is -4.80. The molecule has 0 N–H and O–H groups in total. The van der Waals surface area contributed by atoms with Gasteiger partial charge >= 0.3 is 6.18 Å². The second-order valence-electron chi connectivity index (χ2n) is 5.15. The molecule has 1 aromatic rings. The van der Waals surface area contributed by atoms with Gasteiger partial charge in [0, 0.05) is 11.7 Å². The first-order valence-corrected chi connectivity index (χ1v) is 7.85. The number of alkyl halides is 3. The van der Waals surface area contributed by atoms with Crippen molar-refractivity contribution < 1.29 is 27.2 Å². The number of nitrogens with zero attached hydrogens (tertiary/aromatic N) is 3. The molecule has 0 saturated carbocycles. The Morgan fingerprint density at radius 2 is 2.00 bits per heavy atom. The van der Waals surface area contributed by atoms with E-state index in [2.05, 4.69) is 5.10 Å². The Morgan fingerprint density at radius 1 is 1.38 bits per heavy atom. The number of amides is 1. The van der Waals surface area contributed by atoms with Gasteiger partial charge in [0.2, 0.25) is 5.37 Å². The van der Waals surface area contributed by atoms with Crippen molar-refractivity contribution in [2.45, 2.75) is 31.4 Å². The summed E-state index contributed by atoms with van der Waals surface area (Å²) in [6.45, 7) is 3.03. The van der Waals surface area contributed by atoms with E-state index in [0.29, 0.717) is 5.69 Å². The molecular weight excluding hydrogens is 350 g/mol. The number of anilines is 1. The maximum absolute atomic E-state index is 13.1. The van der Waals surface area contributed by atoms with Crippen LogP contribution < -0.4 is 4.90 Å². The van der Waals surface area contributed by atoms with Gasteiger partial charge in [-0.2, -0.15) is 13.2 Å². The van der Waals surface area contributed by atoms with Crippen molar-refractivity contribution in [3.63, 3.8) is 0 Å². The number of hydrogen-bond acceptors (Lipinski definition) is 5. The molecule has 0 bridgehead atoms. The Balaban J connectivity index is 1.99. The lowest BCUT2D eigenvalue weighted by atomic mass is 10.2. The van der Waals surface area contributed by atoms with Crippen molar-refractivity contribution >= 4 is 28.6 Å². The van der Waals surface area contributed by atoms with E-state index in [9.17, 15) is 22.4 Å². The van der Waals surface area contributed by atoms with E-state index in [-0.39, 0.29) is 17.8 Å². The molecule has 5 nitrogen and oxygen atoms in total. The van der Waals surface area contributed by atoms with Crippen molar-refractivity contribution in [2.75, 3.05) is 11.5 Å². The van der Waals surface area contributed by atoms with Crippen LogP contribution in [-0.4, -0.2) is 40.6 Å². The van der Waals surface area contributed by atoms with E-state index in [1.807, 2.05) is 0 Å². The van der Waals surface area contributed by atoms with Crippen LogP contribution in [0.15, 0.2) is 35.4 Å². The summed E-state index contributed by atoms with van der Waals surface area (Å²) < 4.78 is 55.7. The molecule has 0 radical (unpaired) electrons. The minimum atomic E-state index is -4.80. The number of carbonyl (C=O) groups excluding carboxylic acids is 1. The van der Waals surface area contributed by atoms with Crippen molar-refractivity contribution in [1.82, 2.24) is 5.23 Å². The summed E-state index contributed by atoms with van der Waals surface area (Å²) >= 11 is 0.0666. The zero-order chi connectivity index (χ0) is 17.9. The fourth-order valence-corrected chi connectivity index (χ4v) is 2.77. The normalized spacial score (nSPS) is 17.9. The van der Waals surface area contributed by atoms with Crippen LogP contribution in [0.1, 0.15) is 13.8 Å². The van der Waals surface area contributed by atoms with Crippen molar-refractivity contribution in [3.8, 4) is 0 Å². The smallest absolute Gasteiger partial charge is 0.423 e. The van der Waals surface area contributed by atoms with Gasteiger partial charge in [-0.05, 0) is 37.7 Å². The lowest BCUT2D eigenvalue weighted by Crippen LogP contribution is -2.39. The number of carbonyl (C=O) groups is 1. The number of para-hydroxylation sites is 1. The van der Waals surface area contributed by atoms with Gasteiger partial charge in [-0.15, -0.1) is 10.3 Å². The number of hydrogen-bond donors (Lipinski definition) is 0. The van der Waals surface area contributed by atoms with Crippen LogP contribution in [0.4, 0.5) is 23.3 Å². The Labute approximate surface area is 140 Å². The first kappa shape index (κ1) is 18.4.